The Balaban J connectivity index is 2.44. The highest BCUT2D eigenvalue weighted by atomic mass is 32.1. The van der Waals surface area contributed by atoms with Gasteiger partial charge in [0.25, 0.3) is 0 Å². The predicted molar refractivity (Wildman–Crippen MR) is 65.0 cm³/mol. The number of aryl methyl sites for hydroxylation is 1. The SMILES string of the molecule is Cc1sc(CCN)nc1-c1ccccc1F. The molecule has 0 fully saturated rings. The number of thiazole rings is 1. The summed E-state index contributed by atoms with van der Waals surface area (Å²) in [7, 11) is 0. The molecule has 2 N–H and O–H groups in total. The zero-order valence-electron chi connectivity index (χ0n) is 9.03. The molecule has 0 saturated carbocycles. The van der Waals surface area contributed by atoms with Gasteiger partial charge in [-0.15, -0.1) is 11.3 Å². The Morgan fingerprint density at radius 3 is 2.81 bits per heavy atom. The van der Waals surface area contributed by atoms with Gasteiger partial charge in [-0.25, -0.2) is 9.37 Å². The summed E-state index contributed by atoms with van der Waals surface area (Å²) in [5, 5.41) is 0.971. The lowest BCUT2D eigenvalue weighted by Crippen LogP contribution is -2.02. The molecule has 0 unspecified atom stereocenters. The summed E-state index contributed by atoms with van der Waals surface area (Å²) in [6, 6.07) is 6.71. The number of aromatic nitrogens is 1. The molecule has 2 nitrogen and oxygen atoms in total. The van der Waals surface area contributed by atoms with E-state index in [1.807, 2.05) is 13.0 Å². The van der Waals surface area contributed by atoms with Crippen molar-refractivity contribution in [3.8, 4) is 11.3 Å². The smallest absolute Gasteiger partial charge is 0.132 e. The van der Waals surface area contributed by atoms with Gasteiger partial charge in [0.2, 0.25) is 0 Å². The molecule has 0 spiro atoms. The number of benzene rings is 1. The summed E-state index contributed by atoms with van der Waals surface area (Å²) >= 11 is 1.58. The molecule has 2 aromatic rings. The molecule has 1 aromatic heterocycles. The van der Waals surface area contributed by atoms with Crippen molar-refractivity contribution in [1.29, 1.82) is 0 Å². The maximum absolute atomic E-state index is 13.6. The zero-order chi connectivity index (χ0) is 11.5. The number of hydrogen-bond acceptors (Lipinski definition) is 3. The molecule has 16 heavy (non-hydrogen) atoms. The van der Waals surface area contributed by atoms with Gasteiger partial charge in [0.05, 0.1) is 10.7 Å². The van der Waals surface area contributed by atoms with Crippen LogP contribution in [-0.2, 0) is 6.42 Å². The van der Waals surface area contributed by atoms with Gasteiger partial charge >= 0.3 is 0 Å². The maximum Gasteiger partial charge on any atom is 0.132 e. The van der Waals surface area contributed by atoms with Crippen molar-refractivity contribution in [2.24, 2.45) is 5.73 Å². The van der Waals surface area contributed by atoms with Crippen LogP contribution < -0.4 is 5.73 Å². The normalized spacial score (nSPS) is 10.7. The number of nitrogens with zero attached hydrogens (tertiary/aromatic N) is 1. The Labute approximate surface area is 97.9 Å². The monoisotopic (exact) mass is 236 g/mol. The molecule has 84 valence electrons. The van der Waals surface area contributed by atoms with E-state index in [0.29, 0.717) is 12.1 Å². The average molecular weight is 236 g/mol. The van der Waals surface area contributed by atoms with Gasteiger partial charge in [0.15, 0.2) is 0 Å². The van der Waals surface area contributed by atoms with E-state index < -0.39 is 0 Å². The molecule has 1 aromatic carbocycles. The quantitative estimate of drug-likeness (QED) is 0.890. The Bertz CT molecular complexity index is 494. The van der Waals surface area contributed by atoms with Gasteiger partial charge in [0.1, 0.15) is 5.82 Å². The standard InChI is InChI=1S/C12H13FN2S/c1-8-12(15-11(16-8)6-7-14)9-4-2-3-5-10(9)13/h2-5H,6-7,14H2,1H3. The van der Waals surface area contributed by atoms with Crippen LogP contribution in [0, 0.1) is 12.7 Å². The van der Waals surface area contributed by atoms with Crippen LogP contribution in [0.4, 0.5) is 4.39 Å². The fourth-order valence-electron chi connectivity index (χ4n) is 1.58. The van der Waals surface area contributed by atoms with Gasteiger partial charge in [-0.2, -0.15) is 0 Å². The van der Waals surface area contributed by atoms with Crippen LogP contribution in [0.1, 0.15) is 9.88 Å². The van der Waals surface area contributed by atoms with Crippen molar-refractivity contribution < 1.29 is 4.39 Å². The van der Waals surface area contributed by atoms with Crippen molar-refractivity contribution in [3.63, 3.8) is 0 Å². The Morgan fingerprint density at radius 1 is 1.38 bits per heavy atom. The lowest BCUT2D eigenvalue weighted by atomic mass is 10.1. The van der Waals surface area contributed by atoms with E-state index in [1.165, 1.54) is 6.07 Å². The van der Waals surface area contributed by atoms with Crippen molar-refractivity contribution in [2.45, 2.75) is 13.3 Å². The van der Waals surface area contributed by atoms with Gasteiger partial charge < -0.3 is 5.73 Å². The number of halogens is 1. The number of hydrogen-bond donors (Lipinski definition) is 1. The van der Waals surface area contributed by atoms with E-state index in [0.717, 1.165) is 22.0 Å². The average Bonchev–Trinajstić information content (AvgIpc) is 2.61. The molecule has 0 saturated heterocycles. The van der Waals surface area contributed by atoms with Crippen LogP contribution in [0.5, 0.6) is 0 Å². The van der Waals surface area contributed by atoms with Crippen LogP contribution in [-0.4, -0.2) is 11.5 Å². The summed E-state index contributed by atoms with van der Waals surface area (Å²) in [6.07, 6.45) is 0.750. The Morgan fingerprint density at radius 2 is 2.12 bits per heavy atom. The largest absolute Gasteiger partial charge is 0.330 e. The molecule has 0 atom stereocenters. The van der Waals surface area contributed by atoms with Crippen LogP contribution in [0.25, 0.3) is 11.3 Å². The van der Waals surface area contributed by atoms with E-state index in [9.17, 15) is 4.39 Å². The summed E-state index contributed by atoms with van der Waals surface area (Å²) in [4.78, 5) is 5.46. The first-order valence-corrected chi connectivity index (χ1v) is 5.95. The molecule has 0 radical (unpaired) electrons. The highest BCUT2D eigenvalue weighted by Gasteiger charge is 2.12. The lowest BCUT2D eigenvalue weighted by Gasteiger charge is -1.99. The first-order valence-electron chi connectivity index (χ1n) is 5.13. The molecule has 0 aliphatic rings. The third-order valence-electron chi connectivity index (χ3n) is 2.33. The molecule has 2 rings (SSSR count). The minimum absolute atomic E-state index is 0.227. The molecule has 1 heterocycles. The van der Waals surface area contributed by atoms with Crippen molar-refractivity contribution in [1.82, 2.24) is 4.98 Å². The van der Waals surface area contributed by atoms with Crippen molar-refractivity contribution >= 4 is 11.3 Å². The van der Waals surface area contributed by atoms with Gasteiger partial charge in [-0.1, -0.05) is 12.1 Å². The van der Waals surface area contributed by atoms with Crippen LogP contribution in [0.3, 0.4) is 0 Å². The molecule has 0 aliphatic heterocycles. The van der Waals surface area contributed by atoms with E-state index in [-0.39, 0.29) is 5.82 Å². The molecule has 0 amide bonds. The first-order chi connectivity index (χ1) is 7.72. The first kappa shape index (κ1) is 11.2. The third kappa shape index (κ3) is 2.13. The second-order valence-corrected chi connectivity index (χ2v) is 4.82. The van der Waals surface area contributed by atoms with Crippen LogP contribution in [0.2, 0.25) is 0 Å². The molecule has 0 aliphatic carbocycles. The molecule has 4 heteroatoms. The predicted octanol–water partition coefficient (Wildman–Crippen LogP) is 2.76. The molecular formula is C12H13FN2S. The van der Waals surface area contributed by atoms with Gasteiger partial charge in [-0.05, 0) is 25.6 Å². The highest BCUT2D eigenvalue weighted by molar-refractivity contribution is 7.12. The topological polar surface area (TPSA) is 38.9 Å². The summed E-state index contributed by atoms with van der Waals surface area (Å²) in [5.74, 6) is -0.227. The second kappa shape index (κ2) is 4.72. The minimum atomic E-state index is -0.227. The Kier molecular flexibility index (Phi) is 3.31. The lowest BCUT2D eigenvalue weighted by molar-refractivity contribution is 0.630. The summed E-state index contributed by atoms with van der Waals surface area (Å²) < 4.78 is 13.6. The van der Waals surface area contributed by atoms with Crippen molar-refractivity contribution in [3.05, 3.63) is 40.0 Å². The zero-order valence-corrected chi connectivity index (χ0v) is 9.85. The fraction of sp³-hybridized carbons (Fsp3) is 0.250. The van der Waals surface area contributed by atoms with Crippen LogP contribution >= 0.6 is 11.3 Å². The number of nitrogens with two attached hydrogens (primary N) is 1. The van der Waals surface area contributed by atoms with E-state index >= 15 is 0 Å². The molecule has 0 bridgehead atoms. The highest BCUT2D eigenvalue weighted by Crippen LogP contribution is 2.29. The van der Waals surface area contributed by atoms with Crippen LogP contribution in [0.15, 0.2) is 24.3 Å². The second-order valence-electron chi connectivity index (χ2n) is 3.53. The summed E-state index contributed by atoms with van der Waals surface area (Å²) in [5.41, 5.74) is 6.79. The Hall–Kier alpha value is -1.26. The van der Waals surface area contributed by atoms with E-state index in [4.69, 9.17) is 5.73 Å². The number of rotatable bonds is 3. The minimum Gasteiger partial charge on any atom is -0.330 e. The van der Waals surface area contributed by atoms with Gasteiger partial charge in [-0.3, -0.25) is 0 Å². The third-order valence-corrected chi connectivity index (χ3v) is 3.36. The van der Waals surface area contributed by atoms with Gasteiger partial charge in [0, 0.05) is 16.9 Å². The fourth-order valence-corrected chi connectivity index (χ4v) is 2.55. The summed E-state index contributed by atoms with van der Waals surface area (Å²) in [6.45, 7) is 2.53. The molecular weight excluding hydrogens is 223 g/mol. The van der Waals surface area contributed by atoms with E-state index in [2.05, 4.69) is 4.98 Å². The van der Waals surface area contributed by atoms with E-state index in [1.54, 1.807) is 23.5 Å². The maximum atomic E-state index is 13.6. The van der Waals surface area contributed by atoms with Crippen molar-refractivity contribution in [2.75, 3.05) is 6.54 Å².